The molecule has 0 radical (unpaired) electrons. The number of hydrogen-bond acceptors (Lipinski definition) is 7. The summed E-state index contributed by atoms with van der Waals surface area (Å²) < 4.78 is 5.36. The van der Waals surface area contributed by atoms with E-state index in [2.05, 4.69) is 20.1 Å². The molecule has 1 unspecified atom stereocenters. The molecule has 1 atom stereocenters. The van der Waals surface area contributed by atoms with Crippen LogP contribution in [0.1, 0.15) is 60.6 Å². The molecule has 2 aromatic rings. The SMILES string of the molecule is CC(=O)N(CCc1noc(C2CCC2)n1)C1CCN(C(=O)c2cncnc2)C1. The Balaban J connectivity index is 1.35. The Morgan fingerprint density at radius 3 is 2.71 bits per heavy atom. The maximum Gasteiger partial charge on any atom is 0.257 e. The first-order valence-electron chi connectivity index (χ1n) is 9.76. The van der Waals surface area contributed by atoms with E-state index in [0.29, 0.717) is 43.4 Å². The van der Waals surface area contributed by atoms with Gasteiger partial charge in [0, 0.05) is 51.3 Å². The standard InChI is InChI=1S/C19H24N6O3/c1-13(26)25(8-6-17-22-18(28-23-17)14-3-2-4-14)16-5-7-24(11-16)19(27)15-9-20-12-21-10-15/h9-10,12,14,16H,2-8,11H2,1H3. The molecule has 1 aliphatic heterocycles. The molecular formula is C19H24N6O3. The average molecular weight is 384 g/mol. The van der Waals surface area contributed by atoms with Crippen LogP contribution >= 0.6 is 0 Å². The zero-order chi connectivity index (χ0) is 19.5. The summed E-state index contributed by atoms with van der Waals surface area (Å²) in [6.07, 6.45) is 9.16. The topological polar surface area (TPSA) is 105 Å². The third-order valence-corrected chi connectivity index (χ3v) is 5.62. The predicted octanol–water partition coefficient (Wildman–Crippen LogP) is 1.43. The van der Waals surface area contributed by atoms with Gasteiger partial charge in [-0.3, -0.25) is 9.59 Å². The summed E-state index contributed by atoms with van der Waals surface area (Å²) in [6, 6.07) is -0.0101. The van der Waals surface area contributed by atoms with Gasteiger partial charge in [0.2, 0.25) is 11.8 Å². The molecule has 0 bridgehead atoms. The van der Waals surface area contributed by atoms with Crippen LogP contribution in [-0.2, 0) is 11.2 Å². The fourth-order valence-electron chi connectivity index (χ4n) is 3.78. The molecule has 2 amide bonds. The highest BCUT2D eigenvalue weighted by atomic mass is 16.5. The van der Waals surface area contributed by atoms with Crippen molar-refractivity contribution in [3.63, 3.8) is 0 Å². The van der Waals surface area contributed by atoms with Gasteiger partial charge < -0.3 is 14.3 Å². The van der Waals surface area contributed by atoms with Gasteiger partial charge in [0.1, 0.15) is 6.33 Å². The summed E-state index contributed by atoms with van der Waals surface area (Å²) in [5.74, 6) is 1.65. The molecule has 4 rings (SSSR count). The predicted molar refractivity (Wildman–Crippen MR) is 98.3 cm³/mol. The number of likely N-dealkylation sites (tertiary alicyclic amines) is 1. The van der Waals surface area contributed by atoms with Crippen LogP contribution in [0, 0.1) is 0 Å². The fraction of sp³-hybridized carbons (Fsp3) is 0.579. The molecule has 148 valence electrons. The largest absolute Gasteiger partial charge is 0.339 e. The number of nitrogens with zero attached hydrogens (tertiary/aromatic N) is 6. The third kappa shape index (κ3) is 3.88. The minimum atomic E-state index is -0.102. The maximum absolute atomic E-state index is 12.6. The van der Waals surface area contributed by atoms with Crippen molar-refractivity contribution in [2.45, 2.75) is 51.0 Å². The second-order valence-electron chi connectivity index (χ2n) is 7.46. The lowest BCUT2D eigenvalue weighted by Crippen LogP contribution is -2.42. The molecule has 1 saturated heterocycles. The van der Waals surface area contributed by atoms with E-state index in [0.717, 1.165) is 25.2 Å². The third-order valence-electron chi connectivity index (χ3n) is 5.62. The Kier molecular flexibility index (Phi) is 5.31. The van der Waals surface area contributed by atoms with Gasteiger partial charge in [0.05, 0.1) is 11.6 Å². The number of hydrogen-bond donors (Lipinski definition) is 0. The highest BCUT2D eigenvalue weighted by Gasteiger charge is 2.32. The normalized spacial score (nSPS) is 19.5. The second kappa shape index (κ2) is 8.04. The summed E-state index contributed by atoms with van der Waals surface area (Å²) in [5, 5.41) is 4.06. The lowest BCUT2D eigenvalue weighted by Gasteiger charge is -2.27. The zero-order valence-corrected chi connectivity index (χ0v) is 16.0. The molecule has 0 N–H and O–H groups in total. The monoisotopic (exact) mass is 384 g/mol. The first-order valence-corrected chi connectivity index (χ1v) is 9.76. The van der Waals surface area contributed by atoms with Gasteiger partial charge in [0.15, 0.2) is 5.82 Å². The maximum atomic E-state index is 12.6. The molecule has 3 heterocycles. The zero-order valence-electron chi connectivity index (χ0n) is 16.0. The minimum Gasteiger partial charge on any atom is -0.339 e. The van der Waals surface area contributed by atoms with Crippen LogP contribution in [0.15, 0.2) is 23.2 Å². The lowest BCUT2D eigenvalue weighted by molar-refractivity contribution is -0.130. The van der Waals surface area contributed by atoms with Gasteiger partial charge >= 0.3 is 0 Å². The van der Waals surface area contributed by atoms with Crippen molar-refractivity contribution in [1.29, 1.82) is 0 Å². The Labute approximate surface area is 163 Å². The highest BCUT2D eigenvalue weighted by molar-refractivity contribution is 5.93. The van der Waals surface area contributed by atoms with Crippen LogP contribution in [0.2, 0.25) is 0 Å². The molecule has 1 saturated carbocycles. The van der Waals surface area contributed by atoms with E-state index in [9.17, 15) is 9.59 Å². The van der Waals surface area contributed by atoms with E-state index >= 15 is 0 Å². The molecule has 9 heteroatoms. The van der Waals surface area contributed by atoms with Crippen molar-refractivity contribution in [3.05, 3.63) is 36.0 Å². The molecule has 0 spiro atoms. The molecule has 9 nitrogen and oxygen atoms in total. The van der Waals surface area contributed by atoms with Crippen molar-refractivity contribution in [1.82, 2.24) is 29.9 Å². The Bertz CT molecular complexity index is 835. The van der Waals surface area contributed by atoms with Crippen molar-refractivity contribution in [2.24, 2.45) is 0 Å². The van der Waals surface area contributed by atoms with E-state index in [-0.39, 0.29) is 17.9 Å². The van der Waals surface area contributed by atoms with Gasteiger partial charge in [-0.1, -0.05) is 11.6 Å². The van der Waals surface area contributed by atoms with Crippen molar-refractivity contribution in [3.8, 4) is 0 Å². The van der Waals surface area contributed by atoms with E-state index in [1.54, 1.807) is 11.8 Å². The fourth-order valence-corrected chi connectivity index (χ4v) is 3.78. The highest BCUT2D eigenvalue weighted by Crippen LogP contribution is 2.35. The molecule has 28 heavy (non-hydrogen) atoms. The van der Waals surface area contributed by atoms with Gasteiger partial charge in [-0.2, -0.15) is 4.98 Å². The molecule has 2 aromatic heterocycles. The summed E-state index contributed by atoms with van der Waals surface area (Å²) in [7, 11) is 0. The number of carbonyl (C=O) groups excluding carboxylic acids is 2. The van der Waals surface area contributed by atoms with Gasteiger partial charge in [-0.25, -0.2) is 9.97 Å². The van der Waals surface area contributed by atoms with Crippen LogP contribution in [0.4, 0.5) is 0 Å². The molecule has 0 aromatic carbocycles. The van der Waals surface area contributed by atoms with Gasteiger partial charge in [0.25, 0.3) is 5.91 Å². The summed E-state index contributed by atoms with van der Waals surface area (Å²) in [5.41, 5.74) is 0.466. The minimum absolute atomic E-state index is 0.00921. The van der Waals surface area contributed by atoms with E-state index in [1.165, 1.54) is 25.1 Å². The second-order valence-corrected chi connectivity index (χ2v) is 7.46. The van der Waals surface area contributed by atoms with Crippen molar-refractivity contribution < 1.29 is 14.1 Å². The van der Waals surface area contributed by atoms with Crippen LogP contribution in [0.3, 0.4) is 0 Å². The smallest absolute Gasteiger partial charge is 0.257 e. The van der Waals surface area contributed by atoms with Crippen LogP contribution in [0.25, 0.3) is 0 Å². The Hall–Kier alpha value is -2.84. The first-order chi connectivity index (χ1) is 13.6. The Morgan fingerprint density at radius 2 is 2.04 bits per heavy atom. The lowest BCUT2D eigenvalue weighted by atomic mass is 9.85. The summed E-state index contributed by atoms with van der Waals surface area (Å²) in [4.78, 5) is 40.6. The molecule has 2 aliphatic rings. The average Bonchev–Trinajstić information content (AvgIpc) is 3.31. The first kappa shape index (κ1) is 18.5. The molecule has 2 fully saturated rings. The quantitative estimate of drug-likeness (QED) is 0.742. The number of carbonyl (C=O) groups is 2. The summed E-state index contributed by atoms with van der Waals surface area (Å²) >= 11 is 0. The number of aromatic nitrogens is 4. The van der Waals surface area contributed by atoms with Gasteiger partial charge in [-0.15, -0.1) is 0 Å². The molecular weight excluding hydrogens is 360 g/mol. The van der Waals surface area contributed by atoms with Crippen molar-refractivity contribution >= 4 is 11.8 Å². The van der Waals surface area contributed by atoms with Crippen LogP contribution in [-0.4, -0.2) is 67.4 Å². The molecule has 1 aliphatic carbocycles. The Morgan fingerprint density at radius 1 is 1.25 bits per heavy atom. The van der Waals surface area contributed by atoms with Crippen molar-refractivity contribution in [2.75, 3.05) is 19.6 Å². The van der Waals surface area contributed by atoms with E-state index < -0.39 is 0 Å². The van der Waals surface area contributed by atoms with Crippen LogP contribution < -0.4 is 0 Å². The van der Waals surface area contributed by atoms with E-state index in [1.807, 2.05) is 4.90 Å². The van der Waals surface area contributed by atoms with Crippen LogP contribution in [0.5, 0.6) is 0 Å². The number of amides is 2. The van der Waals surface area contributed by atoms with E-state index in [4.69, 9.17) is 4.52 Å². The number of rotatable bonds is 6. The summed E-state index contributed by atoms with van der Waals surface area (Å²) in [6.45, 7) is 3.19. The van der Waals surface area contributed by atoms with Gasteiger partial charge in [-0.05, 0) is 19.3 Å².